The second-order valence-corrected chi connectivity index (χ2v) is 9.49. The Balaban J connectivity index is 1.73. The summed E-state index contributed by atoms with van der Waals surface area (Å²) in [6.45, 7) is 2.77. The summed E-state index contributed by atoms with van der Waals surface area (Å²) in [6.07, 6.45) is 6.07. The van der Waals surface area contributed by atoms with Gasteiger partial charge in [-0.1, -0.05) is 37.8 Å². The molecule has 0 bridgehead atoms. The lowest BCUT2D eigenvalue weighted by atomic mass is 9.89. The van der Waals surface area contributed by atoms with Gasteiger partial charge in [0.05, 0.1) is 12.2 Å². The molecular weight excluding hydrogens is 454 g/mol. The van der Waals surface area contributed by atoms with Gasteiger partial charge >= 0.3 is 5.97 Å². The Morgan fingerprint density at radius 2 is 2.00 bits per heavy atom. The van der Waals surface area contributed by atoms with E-state index in [1.165, 1.54) is 25.7 Å². The average Bonchev–Trinajstić information content (AvgIpc) is 3.37. The molecule has 1 aromatic heterocycles. The van der Waals surface area contributed by atoms with Crippen molar-refractivity contribution < 1.29 is 28.2 Å². The van der Waals surface area contributed by atoms with Crippen molar-refractivity contribution in [3.05, 3.63) is 41.6 Å². The Morgan fingerprint density at radius 3 is 2.66 bits per heavy atom. The van der Waals surface area contributed by atoms with E-state index >= 15 is 0 Å². The molecule has 1 aromatic carbocycles. The Hall–Kier alpha value is -2.74. The molecule has 190 valence electrons. The van der Waals surface area contributed by atoms with Gasteiger partial charge in [0.1, 0.15) is 17.1 Å². The Morgan fingerprint density at radius 1 is 1.26 bits per heavy atom. The van der Waals surface area contributed by atoms with Gasteiger partial charge in [0.25, 0.3) is 6.43 Å². The van der Waals surface area contributed by atoms with Crippen molar-refractivity contribution in [2.24, 2.45) is 5.92 Å². The number of halogens is 2. The summed E-state index contributed by atoms with van der Waals surface area (Å²) >= 11 is 0. The molecule has 0 unspecified atom stereocenters. The minimum absolute atomic E-state index is 0.134. The first-order valence-corrected chi connectivity index (χ1v) is 12.6. The standard InChI is InChI=1S/C27H34F2N2O4/c1-2-35-22-9-5-8-20(24(22)25(28)29)21-17-30-23(16-19(21)11-10-18-6-3-4-7-18)31-27(26(32)33)12-14-34-15-13-27/h5,8-9,16-18,25H,2-4,6-7,10-15H2,1H3,(H,30,31)(H,32,33). The smallest absolute Gasteiger partial charge is 0.329 e. The van der Waals surface area contributed by atoms with Gasteiger partial charge in [0.2, 0.25) is 0 Å². The van der Waals surface area contributed by atoms with Crippen LogP contribution in [0, 0.1) is 5.92 Å². The van der Waals surface area contributed by atoms with E-state index in [1.54, 1.807) is 31.3 Å². The zero-order chi connectivity index (χ0) is 24.8. The van der Waals surface area contributed by atoms with Crippen LogP contribution in [0.5, 0.6) is 5.75 Å². The molecule has 1 aliphatic carbocycles. The van der Waals surface area contributed by atoms with E-state index in [4.69, 9.17) is 9.47 Å². The number of aliphatic carboxylic acids is 1. The third-order valence-electron chi connectivity index (χ3n) is 7.28. The highest BCUT2D eigenvalue weighted by atomic mass is 19.3. The Bertz CT molecular complexity index is 1020. The van der Waals surface area contributed by atoms with E-state index < -0.39 is 17.9 Å². The number of rotatable bonds is 10. The van der Waals surface area contributed by atoms with Crippen LogP contribution in [0.3, 0.4) is 0 Å². The first-order valence-electron chi connectivity index (χ1n) is 12.6. The quantitative estimate of drug-likeness (QED) is 0.411. The van der Waals surface area contributed by atoms with E-state index in [2.05, 4.69) is 10.3 Å². The first-order chi connectivity index (χ1) is 16.9. The molecule has 2 aliphatic rings. The fraction of sp³-hybridized carbons (Fsp3) is 0.556. The van der Waals surface area contributed by atoms with E-state index in [0.29, 0.717) is 61.9 Å². The molecule has 2 heterocycles. The molecule has 35 heavy (non-hydrogen) atoms. The van der Waals surface area contributed by atoms with Crippen LogP contribution in [0.2, 0.25) is 0 Å². The number of nitrogens with one attached hydrogen (secondary N) is 1. The van der Waals surface area contributed by atoms with Crippen molar-refractivity contribution in [2.75, 3.05) is 25.1 Å². The summed E-state index contributed by atoms with van der Waals surface area (Å²) in [5, 5.41) is 13.1. The third kappa shape index (κ3) is 5.74. The summed E-state index contributed by atoms with van der Waals surface area (Å²) in [7, 11) is 0. The molecule has 1 saturated carbocycles. The number of aromatic nitrogens is 1. The van der Waals surface area contributed by atoms with Crippen molar-refractivity contribution in [1.29, 1.82) is 0 Å². The number of pyridine rings is 1. The molecule has 0 radical (unpaired) electrons. The van der Waals surface area contributed by atoms with Crippen molar-refractivity contribution in [2.45, 2.75) is 70.3 Å². The molecule has 0 atom stereocenters. The lowest BCUT2D eigenvalue weighted by Crippen LogP contribution is -2.50. The second-order valence-electron chi connectivity index (χ2n) is 9.49. The van der Waals surface area contributed by atoms with Crippen LogP contribution in [0.4, 0.5) is 14.6 Å². The van der Waals surface area contributed by atoms with Crippen LogP contribution in [-0.2, 0) is 16.0 Å². The average molecular weight is 489 g/mol. The maximum absolute atomic E-state index is 14.2. The van der Waals surface area contributed by atoms with Gasteiger partial charge < -0.3 is 19.9 Å². The molecule has 8 heteroatoms. The Labute approximate surface area is 205 Å². The van der Waals surface area contributed by atoms with Gasteiger partial charge in [-0.25, -0.2) is 18.6 Å². The summed E-state index contributed by atoms with van der Waals surface area (Å²) in [5.41, 5.74) is 0.647. The molecule has 4 rings (SSSR count). The number of alkyl halides is 2. The lowest BCUT2D eigenvalue weighted by molar-refractivity contribution is -0.145. The van der Waals surface area contributed by atoms with E-state index in [-0.39, 0.29) is 11.3 Å². The fourth-order valence-corrected chi connectivity index (χ4v) is 5.32. The normalized spacial score (nSPS) is 18.1. The van der Waals surface area contributed by atoms with Gasteiger partial charge in [-0.15, -0.1) is 0 Å². The van der Waals surface area contributed by atoms with Crippen LogP contribution >= 0.6 is 0 Å². The number of anilines is 1. The van der Waals surface area contributed by atoms with Crippen LogP contribution in [-0.4, -0.2) is 41.4 Å². The maximum atomic E-state index is 14.2. The number of ether oxygens (including phenoxy) is 2. The predicted octanol–water partition coefficient (Wildman–Crippen LogP) is 6.25. The van der Waals surface area contributed by atoms with Crippen molar-refractivity contribution in [3.63, 3.8) is 0 Å². The molecule has 1 saturated heterocycles. The summed E-state index contributed by atoms with van der Waals surface area (Å²) in [6, 6.07) is 6.82. The van der Waals surface area contributed by atoms with Crippen molar-refractivity contribution in [3.8, 4) is 16.9 Å². The number of hydrogen-bond acceptors (Lipinski definition) is 5. The molecule has 0 amide bonds. The van der Waals surface area contributed by atoms with Gasteiger partial charge in [0, 0.05) is 37.8 Å². The molecular formula is C27H34F2N2O4. The molecule has 6 nitrogen and oxygen atoms in total. The van der Waals surface area contributed by atoms with Crippen LogP contribution in [0.25, 0.3) is 11.1 Å². The SMILES string of the molecule is CCOc1cccc(-c2cnc(NC3(C(=O)O)CCOCC3)cc2CCC2CCCC2)c1C(F)F. The summed E-state index contributed by atoms with van der Waals surface area (Å²) in [5.74, 6) is 0.302. The number of hydrogen-bond donors (Lipinski definition) is 2. The van der Waals surface area contributed by atoms with Gasteiger partial charge in [-0.3, -0.25) is 0 Å². The van der Waals surface area contributed by atoms with Gasteiger partial charge in [-0.2, -0.15) is 0 Å². The van der Waals surface area contributed by atoms with Crippen molar-refractivity contribution in [1.82, 2.24) is 4.98 Å². The molecule has 1 aliphatic heterocycles. The highest BCUT2D eigenvalue weighted by Gasteiger charge is 2.40. The van der Waals surface area contributed by atoms with Crippen LogP contribution < -0.4 is 10.1 Å². The minimum atomic E-state index is -2.70. The third-order valence-corrected chi connectivity index (χ3v) is 7.28. The number of carboxylic acids is 1. The largest absolute Gasteiger partial charge is 0.493 e. The highest BCUT2D eigenvalue weighted by Crippen LogP contribution is 2.40. The monoisotopic (exact) mass is 488 g/mol. The van der Waals surface area contributed by atoms with Gasteiger partial charge in [-0.05, 0) is 48.9 Å². The first kappa shape index (κ1) is 25.4. The Kier molecular flexibility index (Phi) is 8.21. The van der Waals surface area contributed by atoms with E-state index in [1.807, 2.05) is 6.07 Å². The summed E-state index contributed by atoms with van der Waals surface area (Å²) < 4.78 is 39.3. The number of benzene rings is 1. The fourth-order valence-electron chi connectivity index (χ4n) is 5.32. The number of carbonyl (C=O) groups is 1. The van der Waals surface area contributed by atoms with Crippen molar-refractivity contribution >= 4 is 11.8 Å². The minimum Gasteiger partial charge on any atom is -0.493 e. The predicted molar refractivity (Wildman–Crippen MR) is 130 cm³/mol. The molecule has 2 aromatic rings. The maximum Gasteiger partial charge on any atom is 0.329 e. The lowest BCUT2D eigenvalue weighted by Gasteiger charge is -2.34. The van der Waals surface area contributed by atoms with Gasteiger partial charge in [0.15, 0.2) is 0 Å². The second kappa shape index (κ2) is 11.3. The molecule has 0 spiro atoms. The number of carboxylic acid groups (broad SMARTS) is 1. The number of aryl methyl sites for hydroxylation is 1. The molecule has 2 N–H and O–H groups in total. The summed E-state index contributed by atoms with van der Waals surface area (Å²) in [4.78, 5) is 16.6. The topological polar surface area (TPSA) is 80.7 Å². The zero-order valence-electron chi connectivity index (χ0n) is 20.2. The van der Waals surface area contributed by atoms with E-state index in [0.717, 1.165) is 12.0 Å². The number of nitrogens with zero attached hydrogens (tertiary/aromatic N) is 1. The van der Waals surface area contributed by atoms with Crippen LogP contribution in [0.15, 0.2) is 30.5 Å². The van der Waals surface area contributed by atoms with E-state index in [9.17, 15) is 18.7 Å². The van der Waals surface area contributed by atoms with Crippen LogP contribution in [0.1, 0.15) is 69.4 Å². The zero-order valence-corrected chi connectivity index (χ0v) is 20.2. The molecule has 2 fully saturated rings. The highest BCUT2D eigenvalue weighted by molar-refractivity contribution is 5.83.